The van der Waals surface area contributed by atoms with Crippen LogP contribution in [0.3, 0.4) is 0 Å². The Morgan fingerprint density at radius 2 is 2.05 bits per heavy atom. The number of nitrogens with zero attached hydrogens (tertiary/aromatic N) is 1. The van der Waals surface area contributed by atoms with Crippen molar-refractivity contribution < 1.29 is 14.7 Å². The summed E-state index contributed by atoms with van der Waals surface area (Å²) in [7, 11) is 0. The van der Waals surface area contributed by atoms with Gasteiger partial charge in [-0.2, -0.15) is 0 Å². The number of hydrogen-bond acceptors (Lipinski definition) is 3. The first kappa shape index (κ1) is 15.5. The molecule has 3 N–H and O–H groups in total. The number of benzene rings is 1. The van der Waals surface area contributed by atoms with E-state index in [9.17, 15) is 9.59 Å². The van der Waals surface area contributed by atoms with Gasteiger partial charge in [0.1, 0.15) is 0 Å². The summed E-state index contributed by atoms with van der Waals surface area (Å²) >= 11 is 0. The molecule has 0 aliphatic carbocycles. The first-order chi connectivity index (χ1) is 10.1. The molecule has 1 saturated heterocycles. The number of hydrogen-bond donors (Lipinski definition) is 2. The summed E-state index contributed by atoms with van der Waals surface area (Å²) < 4.78 is 0. The van der Waals surface area contributed by atoms with Crippen LogP contribution >= 0.6 is 0 Å². The van der Waals surface area contributed by atoms with E-state index in [0.717, 1.165) is 18.4 Å². The Hall–Kier alpha value is -1.88. The summed E-state index contributed by atoms with van der Waals surface area (Å²) in [6.07, 6.45) is 1.85. The van der Waals surface area contributed by atoms with Crippen LogP contribution in [0.5, 0.6) is 0 Å². The highest BCUT2D eigenvalue weighted by molar-refractivity contribution is 5.84. The predicted octanol–water partition coefficient (Wildman–Crippen LogP) is 1.44. The molecule has 1 aliphatic heterocycles. The fraction of sp³-hybridized carbons (Fsp3) is 0.500. The van der Waals surface area contributed by atoms with E-state index in [4.69, 9.17) is 10.8 Å². The van der Waals surface area contributed by atoms with E-state index in [1.165, 1.54) is 0 Å². The molecule has 1 amide bonds. The minimum absolute atomic E-state index is 0.0128. The molecule has 1 aromatic rings. The van der Waals surface area contributed by atoms with Gasteiger partial charge < -0.3 is 15.7 Å². The van der Waals surface area contributed by atoms with Crippen molar-refractivity contribution in [3.8, 4) is 0 Å². The summed E-state index contributed by atoms with van der Waals surface area (Å²) in [5.41, 5.74) is 6.71. The lowest BCUT2D eigenvalue weighted by Crippen LogP contribution is -2.44. The monoisotopic (exact) mass is 290 g/mol. The molecule has 1 aliphatic rings. The van der Waals surface area contributed by atoms with Crippen molar-refractivity contribution >= 4 is 11.9 Å². The molecule has 0 bridgehead atoms. The van der Waals surface area contributed by atoms with Crippen LogP contribution in [0.25, 0.3) is 0 Å². The molecule has 0 saturated carbocycles. The Morgan fingerprint density at radius 3 is 2.67 bits per heavy atom. The zero-order valence-corrected chi connectivity index (χ0v) is 12.1. The molecule has 2 atom stereocenters. The Morgan fingerprint density at radius 1 is 1.33 bits per heavy atom. The standard InChI is InChI=1S/C16H22N2O3/c17-10-14(13-6-2-1-3-7-13)16(21)18-8-4-5-12(11-18)9-15(19)20/h1-3,6-7,12,14H,4-5,8-11,17H2,(H,19,20). The van der Waals surface area contributed by atoms with Crippen LogP contribution in [0.15, 0.2) is 30.3 Å². The number of likely N-dealkylation sites (tertiary alicyclic amines) is 1. The lowest BCUT2D eigenvalue weighted by atomic mass is 9.92. The fourth-order valence-electron chi connectivity index (χ4n) is 2.96. The second-order valence-electron chi connectivity index (χ2n) is 5.59. The molecule has 2 unspecified atom stereocenters. The average Bonchev–Trinajstić information content (AvgIpc) is 2.48. The third kappa shape index (κ3) is 4.04. The van der Waals surface area contributed by atoms with E-state index in [1.54, 1.807) is 4.90 Å². The molecule has 0 radical (unpaired) electrons. The summed E-state index contributed by atoms with van der Waals surface area (Å²) in [4.78, 5) is 25.3. The van der Waals surface area contributed by atoms with Crippen LogP contribution in [0.1, 0.15) is 30.7 Å². The molecule has 2 rings (SSSR count). The molecule has 1 fully saturated rings. The topological polar surface area (TPSA) is 83.6 Å². The molecule has 1 aromatic carbocycles. The molecular weight excluding hydrogens is 268 g/mol. The lowest BCUT2D eigenvalue weighted by molar-refractivity contribution is -0.141. The van der Waals surface area contributed by atoms with Crippen molar-refractivity contribution in [3.05, 3.63) is 35.9 Å². The van der Waals surface area contributed by atoms with Crippen LogP contribution < -0.4 is 5.73 Å². The molecular formula is C16H22N2O3. The SMILES string of the molecule is NCC(C(=O)N1CCCC(CC(=O)O)C1)c1ccccc1. The minimum atomic E-state index is -0.798. The van der Waals surface area contributed by atoms with Gasteiger partial charge >= 0.3 is 5.97 Å². The maximum Gasteiger partial charge on any atom is 0.303 e. The maximum atomic E-state index is 12.7. The van der Waals surface area contributed by atoms with Gasteiger partial charge in [0.2, 0.25) is 5.91 Å². The van der Waals surface area contributed by atoms with Crippen molar-refractivity contribution in [1.82, 2.24) is 4.90 Å². The van der Waals surface area contributed by atoms with Gasteiger partial charge in [-0.15, -0.1) is 0 Å². The quantitative estimate of drug-likeness (QED) is 0.859. The number of carbonyl (C=O) groups excluding carboxylic acids is 1. The number of carboxylic acid groups (broad SMARTS) is 1. The highest BCUT2D eigenvalue weighted by atomic mass is 16.4. The Balaban J connectivity index is 2.05. The van der Waals surface area contributed by atoms with Gasteiger partial charge in [0, 0.05) is 26.1 Å². The highest BCUT2D eigenvalue weighted by Gasteiger charge is 2.29. The molecule has 0 spiro atoms. The number of aliphatic carboxylic acids is 1. The number of amides is 1. The van der Waals surface area contributed by atoms with E-state index in [1.807, 2.05) is 30.3 Å². The molecule has 21 heavy (non-hydrogen) atoms. The van der Waals surface area contributed by atoms with E-state index in [-0.39, 0.29) is 30.7 Å². The number of nitrogens with two attached hydrogens (primary N) is 1. The number of piperidine rings is 1. The number of rotatable bonds is 5. The molecule has 5 nitrogen and oxygen atoms in total. The van der Waals surface area contributed by atoms with Gasteiger partial charge in [0.25, 0.3) is 0 Å². The summed E-state index contributed by atoms with van der Waals surface area (Å²) in [6.45, 7) is 1.48. The van der Waals surface area contributed by atoms with Crippen molar-refractivity contribution in [3.63, 3.8) is 0 Å². The van der Waals surface area contributed by atoms with Gasteiger partial charge in [0.05, 0.1) is 5.92 Å². The van der Waals surface area contributed by atoms with Gasteiger partial charge in [-0.05, 0) is 24.3 Å². The molecule has 5 heteroatoms. The van der Waals surface area contributed by atoms with E-state index >= 15 is 0 Å². The third-order valence-electron chi connectivity index (χ3n) is 4.03. The van der Waals surface area contributed by atoms with Gasteiger partial charge in [-0.3, -0.25) is 9.59 Å². The third-order valence-corrected chi connectivity index (χ3v) is 4.03. The van der Waals surface area contributed by atoms with E-state index in [0.29, 0.717) is 13.1 Å². The predicted molar refractivity (Wildman–Crippen MR) is 79.8 cm³/mol. The van der Waals surface area contributed by atoms with Crippen molar-refractivity contribution in [2.45, 2.75) is 25.2 Å². The first-order valence-electron chi connectivity index (χ1n) is 7.37. The van der Waals surface area contributed by atoms with Gasteiger partial charge in [0.15, 0.2) is 0 Å². The van der Waals surface area contributed by atoms with E-state index < -0.39 is 5.97 Å². The van der Waals surface area contributed by atoms with Crippen molar-refractivity contribution in [1.29, 1.82) is 0 Å². The number of carboxylic acids is 1. The Bertz CT molecular complexity index is 490. The van der Waals surface area contributed by atoms with Crippen LogP contribution in [0, 0.1) is 5.92 Å². The van der Waals surface area contributed by atoms with Crippen LogP contribution in [-0.2, 0) is 9.59 Å². The lowest BCUT2D eigenvalue weighted by Gasteiger charge is -2.34. The fourth-order valence-corrected chi connectivity index (χ4v) is 2.96. The Kier molecular flexibility index (Phi) is 5.33. The van der Waals surface area contributed by atoms with Gasteiger partial charge in [-0.25, -0.2) is 0 Å². The maximum absolute atomic E-state index is 12.7. The van der Waals surface area contributed by atoms with Crippen LogP contribution in [0.4, 0.5) is 0 Å². The zero-order valence-electron chi connectivity index (χ0n) is 12.1. The normalized spacial score (nSPS) is 20.0. The van der Waals surface area contributed by atoms with Crippen molar-refractivity contribution in [2.24, 2.45) is 11.7 Å². The molecule has 114 valence electrons. The van der Waals surface area contributed by atoms with E-state index in [2.05, 4.69) is 0 Å². The second-order valence-corrected chi connectivity index (χ2v) is 5.59. The summed E-state index contributed by atoms with van der Waals surface area (Å²) in [5.74, 6) is -1.07. The molecule has 0 aromatic heterocycles. The van der Waals surface area contributed by atoms with Gasteiger partial charge in [-0.1, -0.05) is 30.3 Å². The average molecular weight is 290 g/mol. The highest BCUT2D eigenvalue weighted by Crippen LogP contribution is 2.24. The zero-order chi connectivity index (χ0) is 15.2. The number of carbonyl (C=O) groups is 2. The largest absolute Gasteiger partial charge is 0.481 e. The van der Waals surface area contributed by atoms with Crippen LogP contribution in [-0.4, -0.2) is 41.5 Å². The summed E-state index contributed by atoms with van der Waals surface area (Å²) in [6, 6.07) is 9.52. The van der Waals surface area contributed by atoms with Crippen LogP contribution in [0.2, 0.25) is 0 Å². The Labute approximate surface area is 124 Å². The second kappa shape index (κ2) is 7.22. The van der Waals surface area contributed by atoms with Crippen molar-refractivity contribution in [2.75, 3.05) is 19.6 Å². The minimum Gasteiger partial charge on any atom is -0.481 e. The summed E-state index contributed by atoms with van der Waals surface area (Å²) in [5, 5.41) is 8.90. The first-order valence-corrected chi connectivity index (χ1v) is 7.37. The smallest absolute Gasteiger partial charge is 0.303 e. The molecule has 1 heterocycles.